The Morgan fingerprint density at radius 1 is 1.43 bits per heavy atom. The Morgan fingerprint density at radius 2 is 2.14 bits per heavy atom. The molecule has 1 saturated heterocycles. The smallest absolute Gasteiger partial charge is 0.270 e. The number of hydrogen-bond donors (Lipinski definition) is 0. The lowest BCUT2D eigenvalue weighted by Crippen LogP contribution is -2.52. The van der Waals surface area contributed by atoms with Crippen LogP contribution in [0.15, 0.2) is 18.2 Å². The average Bonchev–Trinajstić information content (AvgIpc) is 2.46. The van der Waals surface area contributed by atoms with Gasteiger partial charge in [-0.1, -0.05) is 6.92 Å². The van der Waals surface area contributed by atoms with Gasteiger partial charge in [-0.3, -0.25) is 19.8 Å². The van der Waals surface area contributed by atoms with E-state index in [0.29, 0.717) is 11.6 Å². The summed E-state index contributed by atoms with van der Waals surface area (Å²) in [6.45, 7) is 9.35. The molecule has 0 spiro atoms. The number of carbonyl (C=O) groups is 1. The van der Waals surface area contributed by atoms with Gasteiger partial charge in [-0.25, -0.2) is 0 Å². The van der Waals surface area contributed by atoms with Crippen LogP contribution in [0.4, 0.5) is 11.4 Å². The van der Waals surface area contributed by atoms with Crippen molar-refractivity contribution in [1.82, 2.24) is 4.90 Å². The normalized spacial score (nSPS) is 19.6. The van der Waals surface area contributed by atoms with Gasteiger partial charge in [0.25, 0.3) is 5.69 Å². The van der Waals surface area contributed by atoms with Gasteiger partial charge in [0.15, 0.2) is 5.78 Å². The van der Waals surface area contributed by atoms with Crippen molar-refractivity contribution in [1.29, 1.82) is 0 Å². The van der Waals surface area contributed by atoms with Gasteiger partial charge in [-0.05, 0) is 26.5 Å². The van der Waals surface area contributed by atoms with E-state index >= 15 is 0 Å². The van der Waals surface area contributed by atoms with Crippen LogP contribution in [0.3, 0.4) is 0 Å². The van der Waals surface area contributed by atoms with Crippen molar-refractivity contribution in [2.24, 2.45) is 0 Å². The van der Waals surface area contributed by atoms with Crippen molar-refractivity contribution in [3.63, 3.8) is 0 Å². The number of benzene rings is 1. The fraction of sp³-hybridized carbons (Fsp3) is 0.533. The van der Waals surface area contributed by atoms with E-state index in [-0.39, 0.29) is 11.5 Å². The molecule has 1 unspecified atom stereocenters. The van der Waals surface area contributed by atoms with Gasteiger partial charge in [0.2, 0.25) is 0 Å². The van der Waals surface area contributed by atoms with E-state index in [0.717, 1.165) is 31.9 Å². The van der Waals surface area contributed by atoms with E-state index in [1.165, 1.54) is 19.1 Å². The van der Waals surface area contributed by atoms with Gasteiger partial charge in [-0.2, -0.15) is 0 Å². The molecule has 6 nitrogen and oxygen atoms in total. The Labute approximate surface area is 124 Å². The van der Waals surface area contributed by atoms with Gasteiger partial charge >= 0.3 is 0 Å². The molecule has 1 aromatic rings. The number of nitro groups is 1. The van der Waals surface area contributed by atoms with E-state index in [1.54, 1.807) is 6.07 Å². The largest absolute Gasteiger partial charge is 0.368 e. The molecule has 2 rings (SSSR count). The third kappa shape index (κ3) is 3.21. The average molecular weight is 291 g/mol. The molecule has 0 radical (unpaired) electrons. The van der Waals surface area contributed by atoms with Crippen molar-refractivity contribution < 1.29 is 9.72 Å². The summed E-state index contributed by atoms with van der Waals surface area (Å²) in [5.41, 5.74) is 1.20. The number of likely N-dealkylation sites (N-methyl/N-ethyl adjacent to an activating group) is 1. The van der Waals surface area contributed by atoms with Gasteiger partial charge in [-0.15, -0.1) is 0 Å². The summed E-state index contributed by atoms with van der Waals surface area (Å²) >= 11 is 0. The standard InChI is InChI=1S/C15H21N3O3/c1-4-16-7-8-17(10-11(16)2)15-6-5-13(18(20)21)9-14(15)12(3)19/h5-6,9,11H,4,7-8,10H2,1-3H3. The van der Waals surface area contributed by atoms with Crippen molar-refractivity contribution in [2.75, 3.05) is 31.1 Å². The van der Waals surface area contributed by atoms with Crippen LogP contribution < -0.4 is 4.90 Å². The Bertz CT molecular complexity index is 559. The first-order valence-corrected chi connectivity index (χ1v) is 7.22. The fourth-order valence-electron chi connectivity index (χ4n) is 2.88. The maximum Gasteiger partial charge on any atom is 0.270 e. The van der Waals surface area contributed by atoms with Crippen LogP contribution in [0.25, 0.3) is 0 Å². The molecule has 1 atom stereocenters. The Kier molecular flexibility index (Phi) is 4.57. The summed E-state index contributed by atoms with van der Waals surface area (Å²) in [7, 11) is 0. The maximum absolute atomic E-state index is 11.8. The molecule has 1 heterocycles. The van der Waals surface area contributed by atoms with Crippen LogP contribution in [-0.2, 0) is 0 Å². The second-order valence-corrected chi connectivity index (χ2v) is 5.44. The number of ketones is 1. The number of anilines is 1. The first-order valence-electron chi connectivity index (χ1n) is 7.22. The quantitative estimate of drug-likeness (QED) is 0.484. The second kappa shape index (κ2) is 6.22. The summed E-state index contributed by atoms with van der Waals surface area (Å²) in [6.07, 6.45) is 0. The minimum Gasteiger partial charge on any atom is -0.368 e. The van der Waals surface area contributed by atoms with Crippen molar-refractivity contribution >= 4 is 17.2 Å². The Balaban J connectivity index is 2.31. The van der Waals surface area contributed by atoms with Gasteiger partial charge in [0.05, 0.1) is 4.92 Å². The zero-order valence-electron chi connectivity index (χ0n) is 12.7. The molecule has 1 fully saturated rings. The van der Waals surface area contributed by atoms with E-state index in [2.05, 4.69) is 23.6 Å². The topological polar surface area (TPSA) is 66.7 Å². The van der Waals surface area contributed by atoms with E-state index in [9.17, 15) is 14.9 Å². The van der Waals surface area contributed by atoms with E-state index in [1.807, 2.05) is 0 Å². The zero-order valence-corrected chi connectivity index (χ0v) is 12.7. The molecule has 0 amide bonds. The first kappa shape index (κ1) is 15.4. The fourth-order valence-corrected chi connectivity index (χ4v) is 2.88. The lowest BCUT2D eigenvalue weighted by atomic mass is 10.1. The van der Waals surface area contributed by atoms with Crippen LogP contribution in [0.2, 0.25) is 0 Å². The van der Waals surface area contributed by atoms with Gasteiger partial charge in [0, 0.05) is 49.1 Å². The third-order valence-corrected chi connectivity index (χ3v) is 4.08. The summed E-state index contributed by atoms with van der Waals surface area (Å²) in [4.78, 5) is 26.8. The van der Waals surface area contributed by atoms with E-state index in [4.69, 9.17) is 0 Å². The number of non-ortho nitro benzene ring substituents is 1. The lowest BCUT2D eigenvalue weighted by molar-refractivity contribution is -0.384. The highest BCUT2D eigenvalue weighted by molar-refractivity contribution is 6.00. The number of hydrogen-bond acceptors (Lipinski definition) is 5. The molecular weight excluding hydrogens is 270 g/mol. The number of rotatable bonds is 4. The lowest BCUT2D eigenvalue weighted by Gasteiger charge is -2.41. The summed E-state index contributed by atoms with van der Waals surface area (Å²) in [5.74, 6) is -0.140. The number of piperazine rings is 1. The molecule has 0 saturated carbocycles. The third-order valence-electron chi connectivity index (χ3n) is 4.08. The molecule has 21 heavy (non-hydrogen) atoms. The molecule has 0 bridgehead atoms. The molecule has 1 aliphatic heterocycles. The molecule has 0 aliphatic carbocycles. The van der Waals surface area contributed by atoms with Gasteiger partial charge < -0.3 is 4.90 Å². The minimum atomic E-state index is -0.464. The predicted molar refractivity (Wildman–Crippen MR) is 82.0 cm³/mol. The number of nitro benzene ring substituents is 1. The highest BCUT2D eigenvalue weighted by Gasteiger charge is 2.25. The number of nitrogens with zero attached hydrogens (tertiary/aromatic N) is 3. The van der Waals surface area contributed by atoms with Crippen LogP contribution >= 0.6 is 0 Å². The van der Waals surface area contributed by atoms with Crippen LogP contribution in [0.1, 0.15) is 31.1 Å². The van der Waals surface area contributed by atoms with Crippen molar-refractivity contribution in [2.45, 2.75) is 26.8 Å². The highest BCUT2D eigenvalue weighted by Crippen LogP contribution is 2.28. The summed E-state index contributed by atoms with van der Waals surface area (Å²) in [6, 6.07) is 4.95. The first-order chi connectivity index (χ1) is 9.93. The Hall–Kier alpha value is -1.95. The molecule has 6 heteroatoms. The highest BCUT2D eigenvalue weighted by atomic mass is 16.6. The monoisotopic (exact) mass is 291 g/mol. The molecule has 1 aliphatic rings. The van der Waals surface area contributed by atoms with Crippen LogP contribution in [0, 0.1) is 10.1 Å². The summed E-state index contributed by atoms with van der Waals surface area (Å²) < 4.78 is 0. The molecule has 0 aromatic heterocycles. The zero-order chi connectivity index (χ0) is 15.6. The number of Topliss-reactive ketones (excluding diaryl/α,β-unsaturated/α-hetero) is 1. The molecule has 114 valence electrons. The second-order valence-electron chi connectivity index (χ2n) is 5.44. The van der Waals surface area contributed by atoms with Crippen LogP contribution in [-0.4, -0.2) is 47.8 Å². The maximum atomic E-state index is 11.8. The SMILES string of the molecule is CCN1CCN(c2ccc([N+](=O)[O-])cc2C(C)=O)CC1C. The Morgan fingerprint density at radius 3 is 2.67 bits per heavy atom. The summed E-state index contributed by atoms with van der Waals surface area (Å²) in [5, 5.41) is 10.9. The molecular formula is C15H21N3O3. The predicted octanol–water partition coefficient (Wildman–Crippen LogP) is 2.33. The van der Waals surface area contributed by atoms with E-state index < -0.39 is 4.92 Å². The van der Waals surface area contributed by atoms with Gasteiger partial charge in [0.1, 0.15) is 0 Å². The van der Waals surface area contributed by atoms with Crippen molar-refractivity contribution in [3.05, 3.63) is 33.9 Å². The number of carbonyl (C=O) groups excluding carboxylic acids is 1. The van der Waals surface area contributed by atoms with Crippen molar-refractivity contribution in [3.8, 4) is 0 Å². The minimum absolute atomic E-state index is 0.0378. The molecule has 0 N–H and O–H groups in total. The van der Waals surface area contributed by atoms with Crippen LogP contribution in [0.5, 0.6) is 0 Å². The molecule has 1 aromatic carbocycles.